The van der Waals surface area contributed by atoms with Crippen LogP contribution in [0.25, 0.3) is 0 Å². The van der Waals surface area contributed by atoms with E-state index in [1.165, 1.54) is 11.4 Å². The van der Waals surface area contributed by atoms with Crippen LogP contribution in [-0.2, 0) is 10.0 Å². The third-order valence-corrected chi connectivity index (χ3v) is 5.43. The van der Waals surface area contributed by atoms with Crippen LogP contribution in [0.1, 0.15) is 11.6 Å². The summed E-state index contributed by atoms with van der Waals surface area (Å²) in [4.78, 5) is 0.210. The number of hydrogen-bond acceptors (Lipinski definition) is 5. The highest BCUT2D eigenvalue weighted by Gasteiger charge is 2.39. The third-order valence-electron chi connectivity index (χ3n) is 3.58. The predicted octanol–water partition coefficient (Wildman–Crippen LogP) is 0.841. The highest BCUT2D eigenvalue weighted by molar-refractivity contribution is 7.89. The maximum absolute atomic E-state index is 12.7. The van der Waals surface area contributed by atoms with Gasteiger partial charge in [-0.25, -0.2) is 13.1 Å². The maximum atomic E-state index is 12.7. The summed E-state index contributed by atoms with van der Waals surface area (Å²) in [6.07, 6.45) is 3.32. The lowest BCUT2D eigenvalue weighted by Crippen LogP contribution is -2.50. The molecule has 0 saturated carbocycles. The van der Waals surface area contributed by atoms with Gasteiger partial charge < -0.3 is 4.74 Å². The molecule has 7 nitrogen and oxygen atoms in total. The molecule has 21 heavy (non-hydrogen) atoms. The molecule has 0 bridgehead atoms. The highest BCUT2D eigenvalue weighted by atomic mass is 32.2. The molecule has 112 valence electrons. The second kappa shape index (κ2) is 5.12. The van der Waals surface area contributed by atoms with Gasteiger partial charge in [-0.05, 0) is 24.6 Å². The largest absolute Gasteiger partial charge is 0.495 e. The summed E-state index contributed by atoms with van der Waals surface area (Å²) >= 11 is 0. The molecule has 8 heteroatoms. The Balaban J connectivity index is 1.84. The van der Waals surface area contributed by atoms with Crippen LogP contribution in [-0.4, -0.2) is 47.9 Å². The van der Waals surface area contributed by atoms with E-state index in [2.05, 4.69) is 10.3 Å². The minimum atomic E-state index is -3.54. The van der Waals surface area contributed by atoms with Gasteiger partial charge >= 0.3 is 0 Å². The fraction of sp³-hybridized carbons (Fsp3) is 0.385. The van der Waals surface area contributed by atoms with Crippen molar-refractivity contribution in [2.24, 2.45) is 0 Å². The van der Waals surface area contributed by atoms with Gasteiger partial charge in [0.05, 0.1) is 19.3 Å². The number of methoxy groups -OCH3 is 1. The highest BCUT2D eigenvalue weighted by Crippen LogP contribution is 2.32. The van der Waals surface area contributed by atoms with E-state index >= 15 is 0 Å². The number of sulfonamides is 1. The minimum absolute atomic E-state index is 0.0399. The van der Waals surface area contributed by atoms with Crippen molar-refractivity contribution in [2.45, 2.75) is 17.9 Å². The summed E-state index contributed by atoms with van der Waals surface area (Å²) < 4.78 is 33.6. The lowest BCUT2D eigenvalue weighted by atomic mass is 10.2. The molecule has 2 aromatic rings. The summed E-state index contributed by atoms with van der Waals surface area (Å²) in [5.41, 5.74) is 0.878. The van der Waals surface area contributed by atoms with Gasteiger partial charge in [-0.15, -0.1) is 5.10 Å². The standard InChI is InChI=1S/C13H16N4O3S/c1-10-3-4-12(20-2)13(7-10)21(18,19)16-8-11(9-16)17-6-5-14-15-17/h3-7,11H,8-9H2,1-2H3. The Kier molecular flexibility index (Phi) is 3.42. The fourth-order valence-electron chi connectivity index (χ4n) is 2.32. The van der Waals surface area contributed by atoms with Gasteiger partial charge in [-0.2, -0.15) is 4.31 Å². The number of rotatable bonds is 4. The van der Waals surface area contributed by atoms with Crippen LogP contribution >= 0.6 is 0 Å². The Bertz CT molecular complexity index is 737. The summed E-state index contributed by atoms with van der Waals surface area (Å²) in [5.74, 6) is 0.366. The summed E-state index contributed by atoms with van der Waals surface area (Å²) in [7, 11) is -2.07. The van der Waals surface area contributed by atoms with Crippen LogP contribution < -0.4 is 4.74 Å². The van der Waals surface area contributed by atoms with Crippen molar-refractivity contribution in [3.05, 3.63) is 36.2 Å². The molecule has 0 aliphatic carbocycles. The lowest BCUT2D eigenvalue weighted by Gasteiger charge is -2.37. The topological polar surface area (TPSA) is 77.3 Å². The Morgan fingerprint density at radius 1 is 1.33 bits per heavy atom. The Labute approximate surface area is 123 Å². The van der Waals surface area contributed by atoms with Gasteiger partial charge in [-0.3, -0.25) is 0 Å². The number of hydrogen-bond donors (Lipinski definition) is 0. The quantitative estimate of drug-likeness (QED) is 0.836. The first-order valence-electron chi connectivity index (χ1n) is 6.53. The second-order valence-corrected chi connectivity index (χ2v) is 6.92. The van der Waals surface area contributed by atoms with Gasteiger partial charge in [0.25, 0.3) is 0 Å². The molecule has 0 amide bonds. The smallest absolute Gasteiger partial charge is 0.246 e. The second-order valence-electron chi connectivity index (χ2n) is 5.01. The van der Waals surface area contributed by atoms with Crippen molar-refractivity contribution < 1.29 is 13.2 Å². The molecular formula is C13H16N4O3S. The van der Waals surface area contributed by atoms with Crippen molar-refractivity contribution in [1.29, 1.82) is 0 Å². The Morgan fingerprint density at radius 3 is 2.71 bits per heavy atom. The molecular weight excluding hydrogens is 292 g/mol. The molecule has 3 rings (SSSR count). The molecule has 2 heterocycles. The molecule has 1 saturated heterocycles. The average molecular weight is 308 g/mol. The number of benzene rings is 1. The van der Waals surface area contributed by atoms with E-state index in [0.717, 1.165) is 5.56 Å². The minimum Gasteiger partial charge on any atom is -0.495 e. The SMILES string of the molecule is COc1ccc(C)cc1S(=O)(=O)N1CC(n2ccnn2)C1. The van der Waals surface area contributed by atoms with Crippen molar-refractivity contribution in [3.63, 3.8) is 0 Å². The zero-order valence-corrected chi connectivity index (χ0v) is 12.6. The molecule has 0 unspecified atom stereocenters. The molecule has 1 aromatic carbocycles. The first kappa shape index (κ1) is 14.0. The van der Waals surface area contributed by atoms with Crippen LogP contribution in [0.15, 0.2) is 35.5 Å². The molecule has 1 aliphatic heterocycles. The molecule has 0 N–H and O–H groups in total. The summed E-state index contributed by atoms with van der Waals surface area (Å²) in [6.45, 7) is 2.64. The Hall–Kier alpha value is -1.93. The normalized spacial score (nSPS) is 16.7. The average Bonchev–Trinajstić information content (AvgIpc) is 2.90. The van der Waals surface area contributed by atoms with Crippen LogP contribution in [0.2, 0.25) is 0 Å². The van der Waals surface area contributed by atoms with Crippen molar-refractivity contribution >= 4 is 10.0 Å². The summed E-state index contributed by atoms with van der Waals surface area (Å²) in [5, 5.41) is 7.63. The van der Waals surface area contributed by atoms with Crippen LogP contribution in [0.3, 0.4) is 0 Å². The molecule has 0 spiro atoms. The van der Waals surface area contributed by atoms with Gasteiger partial charge in [0, 0.05) is 19.3 Å². The van der Waals surface area contributed by atoms with Gasteiger partial charge in [0.15, 0.2) is 0 Å². The van der Waals surface area contributed by atoms with Crippen molar-refractivity contribution in [3.8, 4) is 5.75 Å². The molecule has 0 atom stereocenters. The van der Waals surface area contributed by atoms with Gasteiger partial charge in [-0.1, -0.05) is 11.3 Å². The van der Waals surface area contributed by atoms with E-state index in [9.17, 15) is 8.42 Å². The van der Waals surface area contributed by atoms with Crippen molar-refractivity contribution in [2.75, 3.05) is 20.2 Å². The first-order valence-corrected chi connectivity index (χ1v) is 7.97. The first-order chi connectivity index (χ1) is 10.0. The fourth-order valence-corrected chi connectivity index (χ4v) is 4.07. The predicted molar refractivity (Wildman–Crippen MR) is 75.5 cm³/mol. The number of aromatic nitrogens is 3. The number of ether oxygens (including phenoxy) is 1. The van der Waals surface area contributed by atoms with Gasteiger partial charge in [0.1, 0.15) is 10.6 Å². The van der Waals surface area contributed by atoms with E-state index in [1.807, 2.05) is 13.0 Å². The van der Waals surface area contributed by atoms with Crippen molar-refractivity contribution in [1.82, 2.24) is 19.3 Å². The number of aryl methyl sites for hydroxylation is 1. The number of nitrogens with zero attached hydrogens (tertiary/aromatic N) is 4. The van der Waals surface area contributed by atoms with E-state index < -0.39 is 10.0 Å². The van der Waals surface area contributed by atoms with Crippen LogP contribution in [0.4, 0.5) is 0 Å². The van der Waals surface area contributed by atoms with Crippen LogP contribution in [0, 0.1) is 6.92 Å². The lowest BCUT2D eigenvalue weighted by molar-refractivity contribution is 0.188. The van der Waals surface area contributed by atoms with Crippen LogP contribution in [0.5, 0.6) is 5.75 Å². The van der Waals surface area contributed by atoms with Gasteiger partial charge in [0.2, 0.25) is 10.0 Å². The third kappa shape index (κ3) is 2.40. The van der Waals surface area contributed by atoms with E-state index in [0.29, 0.717) is 18.8 Å². The molecule has 0 radical (unpaired) electrons. The van der Waals surface area contributed by atoms with E-state index in [-0.39, 0.29) is 10.9 Å². The maximum Gasteiger partial charge on any atom is 0.246 e. The molecule has 1 aromatic heterocycles. The zero-order valence-electron chi connectivity index (χ0n) is 11.8. The monoisotopic (exact) mass is 308 g/mol. The molecule has 1 fully saturated rings. The Morgan fingerprint density at radius 2 is 2.10 bits per heavy atom. The summed E-state index contributed by atoms with van der Waals surface area (Å²) in [6, 6.07) is 5.18. The van der Waals surface area contributed by atoms with E-state index in [4.69, 9.17) is 4.74 Å². The van der Waals surface area contributed by atoms with E-state index in [1.54, 1.807) is 29.2 Å². The zero-order chi connectivity index (χ0) is 15.0. The molecule has 1 aliphatic rings.